The molecule has 1 radical (unpaired) electrons. The number of carbonyl (C=O) groups is 4. The van der Waals surface area contributed by atoms with Crippen LogP contribution < -0.4 is 11.1 Å². The number of aliphatic hydroxyl groups is 3. The Morgan fingerprint density at radius 2 is 1.86 bits per heavy atom. The van der Waals surface area contributed by atoms with Gasteiger partial charge in [-0.1, -0.05) is 13.3 Å². The van der Waals surface area contributed by atoms with Gasteiger partial charge in [0.1, 0.15) is 23.0 Å². The van der Waals surface area contributed by atoms with Gasteiger partial charge in [0.15, 0.2) is 11.4 Å². The summed E-state index contributed by atoms with van der Waals surface area (Å²) in [5, 5.41) is 46.8. The number of nitrogens with zero attached hydrogens (tertiary/aromatic N) is 1. The second-order valence-electron chi connectivity index (χ2n) is 9.47. The van der Waals surface area contributed by atoms with E-state index in [4.69, 9.17) is 17.3 Å². The van der Waals surface area contributed by atoms with Crippen LogP contribution in [0.5, 0.6) is 5.75 Å². The first-order valence-corrected chi connectivity index (χ1v) is 11.6. The van der Waals surface area contributed by atoms with Gasteiger partial charge in [0.05, 0.1) is 6.04 Å². The summed E-state index contributed by atoms with van der Waals surface area (Å²) in [6.07, 6.45) is 0.116. The van der Waals surface area contributed by atoms with E-state index in [0.29, 0.717) is 11.1 Å². The van der Waals surface area contributed by atoms with E-state index in [1.54, 1.807) is 6.92 Å². The molecule has 0 aromatic heterocycles. The summed E-state index contributed by atoms with van der Waals surface area (Å²) in [6, 6.07) is 1.69. The van der Waals surface area contributed by atoms with Crippen LogP contribution in [0.3, 0.4) is 0 Å². The molecule has 37 heavy (non-hydrogen) atoms. The number of hydrogen-bond donors (Lipinski definition) is 6. The van der Waals surface area contributed by atoms with E-state index in [-0.39, 0.29) is 62.4 Å². The van der Waals surface area contributed by atoms with Crippen LogP contribution in [0.15, 0.2) is 16.9 Å². The van der Waals surface area contributed by atoms with Crippen molar-refractivity contribution in [2.75, 3.05) is 25.3 Å². The van der Waals surface area contributed by atoms with Crippen LogP contribution in [0.1, 0.15) is 23.1 Å². The monoisotopic (exact) mass is 607 g/mol. The molecule has 0 heterocycles. The molecular weight excluding hydrogens is 583 g/mol. The van der Waals surface area contributed by atoms with E-state index in [0.717, 1.165) is 0 Å². The Morgan fingerprint density at radius 1 is 1.24 bits per heavy atom. The van der Waals surface area contributed by atoms with Crippen LogP contribution in [0.4, 0.5) is 5.69 Å². The molecule has 0 saturated heterocycles. The number of nitrogens with two attached hydrogens (primary N) is 1. The molecule has 13 heteroatoms. The van der Waals surface area contributed by atoms with Gasteiger partial charge in [0.25, 0.3) is 5.91 Å². The Morgan fingerprint density at radius 3 is 2.41 bits per heavy atom. The van der Waals surface area contributed by atoms with Gasteiger partial charge in [-0.3, -0.25) is 24.1 Å². The van der Waals surface area contributed by atoms with Crippen molar-refractivity contribution in [2.24, 2.45) is 17.6 Å². The molecule has 1 fully saturated rings. The summed E-state index contributed by atoms with van der Waals surface area (Å²) in [6.45, 7) is 1.65. The van der Waals surface area contributed by atoms with E-state index in [9.17, 15) is 39.6 Å². The number of alkyl halides is 1. The molecule has 2 amide bonds. The number of ketones is 2. The van der Waals surface area contributed by atoms with E-state index >= 15 is 0 Å². The number of phenolic OH excluding ortho intramolecular Hbond substituents is 1. The molecule has 3 aliphatic rings. The smallest absolute Gasteiger partial charge is 0.255 e. The van der Waals surface area contributed by atoms with Crippen LogP contribution in [0.25, 0.3) is 5.76 Å². The van der Waals surface area contributed by atoms with Crippen molar-refractivity contribution < 1.29 is 72.3 Å². The van der Waals surface area contributed by atoms with Gasteiger partial charge in [-0.2, -0.15) is 11.6 Å². The predicted molar refractivity (Wildman–Crippen MR) is 127 cm³/mol. The fraction of sp³-hybridized carbons (Fsp3) is 0.417. The molecule has 0 aliphatic heterocycles. The fourth-order valence-electron chi connectivity index (χ4n) is 5.68. The van der Waals surface area contributed by atoms with E-state index < -0.39 is 75.6 Å². The van der Waals surface area contributed by atoms with Gasteiger partial charge < -0.3 is 31.5 Å². The third-order valence-electron chi connectivity index (χ3n) is 7.24. The molecule has 7 N–H and O–H groups in total. The largest absolute Gasteiger partial charge is 0.563 e. The van der Waals surface area contributed by atoms with Gasteiger partial charge in [-0.25, -0.2) is 0 Å². The topological polar surface area (TPSA) is 190 Å². The zero-order valence-corrected chi connectivity index (χ0v) is 23.8. The molecule has 1 saturated carbocycles. The normalized spacial score (nSPS) is 26.8. The third kappa shape index (κ3) is 4.21. The van der Waals surface area contributed by atoms with Gasteiger partial charge in [-0.15, -0.1) is 17.2 Å². The van der Waals surface area contributed by atoms with Crippen LogP contribution in [0.2, 0.25) is 0 Å². The number of primary amides is 1. The number of amides is 2. The summed E-state index contributed by atoms with van der Waals surface area (Å²) in [5.41, 5.74) is 2.08. The van der Waals surface area contributed by atoms with Crippen molar-refractivity contribution in [3.63, 3.8) is 0 Å². The Bertz CT molecular complexity index is 1310. The molecule has 195 valence electrons. The van der Waals surface area contributed by atoms with Crippen LogP contribution in [0, 0.1) is 24.8 Å². The fourth-order valence-corrected chi connectivity index (χ4v) is 5.75. The number of fused-ring (bicyclic) bond motifs is 3. The Balaban J connectivity index is 0.00000380. The third-order valence-corrected chi connectivity index (χ3v) is 7.48. The van der Waals surface area contributed by atoms with Crippen molar-refractivity contribution in [3.05, 3.63) is 39.7 Å². The number of aromatic hydroxyl groups is 1. The zero-order valence-electron chi connectivity index (χ0n) is 20.3. The van der Waals surface area contributed by atoms with E-state index in [2.05, 4.69) is 11.4 Å². The summed E-state index contributed by atoms with van der Waals surface area (Å²) < 4.78 is 0. The van der Waals surface area contributed by atoms with Crippen LogP contribution in [-0.4, -0.2) is 80.3 Å². The molecule has 1 aromatic rings. The molecule has 4 atom stereocenters. The number of carbonyl (C=O) groups excluding carboxylic acids is 4. The SMILES string of the molecule is Cc1[c-]c(NC(=O)CCl)c(O)c2c1C[C@H]1C[C@H]3[C@H](N(C)C)C(=O)C(C(N)=O)=C(O)[C@@]3(O)C(=O)C1=C2O.[Y]. The van der Waals surface area contributed by atoms with Gasteiger partial charge in [0, 0.05) is 49.9 Å². The number of aryl methyl sites for hydroxylation is 1. The van der Waals surface area contributed by atoms with Gasteiger partial charge in [-0.05, 0) is 37.7 Å². The standard InChI is InChI=1S/C24H25ClN3O8.Y/c1-8-4-12(27-13(29)7-25)18(30)15-10(8)5-9-6-11-17(28(2)3)20(32)16(23(26)35)22(34)24(11,36)21(33)14(9)19(15)31;/h9,11,17,30-31,34,36H,5-7H2,1-3H3,(H2,26,35)(H,27,29);/q-1;/t9-,11-,17-,24-;/m0./s1. The number of aliphatic hydroxyl groups excluding tert-OH is 2. The number of halogens is 1. The maximum atomic E-state index is 13.8. The second-order valence-corrected chi connectivity index (χ2v) is 9.74. The molecule has 4 rings (SSSR count). The van der Waals surface area contributed by atoms with E-state index in [1.165, 1.54) is 19.0 Å². The first-order valence-electron chi connectivity index (χ1n) is 11.1. The van der Waals surface area contributed by atoms with Crippen molar-refractivity contribution in [3.8, 4) is 5.75 Å². The van der Waals surface area contributed by atoms with Crippen molar-refractivity contribution in [1.29, 1.82) is 0 Å². The minimum atomic E-state index is -2.72. The summed E-state index contributed by atoms with van der Waals surface area (Å²) >= 11 is 5.52. The number of phenols is 1. The molecule has 1 aromatic carbocycles. The predicted octanol–water partition coefficient (Wildman–Crippen LogP) is 0.247. The maximum absolute atomic E-state index is 13.8. The summed E-state index contributed by atoms with van der Waals surface area (Å²) in [7, 11) is 3.06. The first kappa shape index (κ1) is 29.3. The number of likely N-dealkylation sites (N-methyl/N-ethyl adjacent to an activating group) is 1. The Labute approximate surface area is 242 Å². The molecule has 11 nitrogen and oxygen atoms in total. The number of Topliss-reactive ketones (excluding diaryl/α,β-unsaturated/α-hetero) is 2. The Kier molecular flexibility index (Phi) is 7.99. The maximum Gasteiger partial charge on any atom is 0.255 e. The van der Waals surface area contributed by atoms with Crippen LogP contribution >= 0.6 is 11.6 Å². The second kappa shape index (κ2) is 10.1. The number of benzene rings is 1. The van der Waals surface area contributed by atoms with E-state index in [1.807, 2.05) is 0 Å². The molecule has 0 spiro atoms. The average Bonchev–Trinajstić information content (AvgIpc) is 2.79. The first-order chi connectivity index (χ1) is 16.8. The number of hydrogen-bond acceptors (Lipinski definition) is 9. The number of anilines is 1. The number of rotatable bonds is 4. The Hall–Kier alpha value is -2.31. The zero-order chi connectivity index (χ0) is 26.9. The van der Waals surface area contributed by atoms with Crippen molar-refractivity contribution in [2.45, 2.75) is 31.4 Å². The molecule has 3 aliphatic carbocycles. The van der Waals surface area contributed by atoms with Crippen molar-refractivity contribution >= 4 is 46.4 Å². The molecule has 0 bridgehead atoms. The summed E-state index contributed by atoms with van der Waals surface area (Å²) in [4.78, 5) is 52.1. The van der Waals surface area contributed by atoms with Crippen LogP contribution in [-0.2, 0) is 58.3 Å². The minimum Gasteiger partial charge on any atom is -0.563 e. The van der Waals surface area contributed by atoms with Crippen molar-refractivity contribution in [1.82, 2.24) is 4.90 Å². The van der Waals surface area contributed by atoms with Gasteiger partial charge in [0.2, 0.25) is 11.7 Å². The molecular formula is C24H25ClN3O8Y-. The molecule has 0 unspecified atom stereocenters. The average molecular weight is 608 g/mol. The summed E-state index contributed by atoms with van der Waals surface area (Å²) in [5.74, 6) is -8.47. The quantitative estimate of drug-likeness (QED) is 0.121. The minimum absolute atomic E-state index is 0. The number of nitrogens with one attached hydrogen (secondary N) is 1. The van der Waals surface area contributed by atoms with Gasteiger partial charge >= 0.3 is 0 Å².